The summed E-state index contributed by atoms with van der Waals surface area (Å²) in [4.78, 5) is 0. The Kier molecular flexibility index (Phi) is 9.53. The van der Waals surface area contributed by atoms with E-state index in [0.29, 0.717) is 0 Å². The first-order valence-electron chi connectivity index (χ1n) is 11.1. The first kappa shape index (κ1) is 24.9. The summed E-state index contributed by atoms with van der Waals surface area (Å²) in [5.41, 5.74) is -0.889. The van der Waals surface area contributed by atoms with Crippen molar-refractivity contribution in [3.63, 3.8) is 0 Å². The van der Waals surface area contributed by atoms with E-state index in [9.17, 15) is 0 Å². The van der Waals surface area contributed by atoms with Crippen molar-refractivity contribution in [2.75, 3.05) is 0 Å². The van der Waals surface area contributed by atoms with Crippen LogP contribution in [0.25, 0.3) is 21.5 Å². The second-order valence-corrected chi connectivity index (χ2v) is 26.9. The molecule has 6 aromatic rings. The molecule has 0 aromatic heterocycles. The summed E-state index contributed by atoms with van der Waals surface area (Å²) in [6.45, 7) is 0. The van der Waals surface area contributed by atoms with Gasteiger partial charge in [0.05, 0.1) is 0 Å². The van der Waals surface area contributed by atoms with Crippen LogP contribution in [0, 0.1) is 0 Å². The van der Waals surface area contributed by atoms with E-state index in [1.54, 1.807) is 0 Å². The Bertz CT molecular complexity index is 1300. The smallest absolute Gasteiger partial charge is 0.0809 e. The molecule has 0 saturated heterocycles. The molecule has 4 heteroatoms. The molecule has 0 bridgehead atoms. The van der Waals surface area contributed by atoms with Crippen LogP contribution in [-0.2, 0) is 18.0 Å². The van der Waals surface area contributed by atoms with Gasteiger partial charge in [0.1, 0.15) is 0 Å². The van der Waals surface area contributed by atoms with Crippen LogP contribution in [0.3, 0.4) is 0 Å². The van der Waals surface area contributed by atoms with E-state index in [1.165, 1.54) is 31.9 Å². The number of hydrogen-bond donors (Lipinski definition) is 0. The molecule has 0 nitrogen and oxygen atoms in total. The zero-order valence-electron chi connectivity index (χ0n) is 18.6. The van der Waals surface area contributed by atoms with Crippen molar-refractivity contribution in [2.45, 2.75) is 0 Å². The fraction of sp³-hybridized carbons (Fsp3) is 0. The van der Waals surface area contributed by atoms with E-state index in [0.717, 1.165) is 0 Å². The standard InChI is InChI=1S/C12H10Si.2C9H7.2ClH.Zr/c1-3-7-11(8-4-1)13-12-9-5-2-6-10-12;2*1-2-5-9-7-3-6-8(9)4-1;;;/h1-10H;2*1-7H;2*1H;/q;2*-1;;;+2/p-2. The van der Waals surface area contributed by atoms with Crippen LogP contribution in [-0.4, -0.2) is 5.43 Å². The number of rotatable bonds is 2. The molecule has 0 fully saturated rings. The molecule has 0 N–H and O–H groups in total. The Morgan fingerprint density at radius 3 is 1.24 bits per heavy atom. The molecule has 0 unspecified atom stereocenters. The molecule has 0 spiro atoms. The Hall–Kier alpha value is -2.22. The van der Waals surface area contributed by atoms with E-state index in [2.05, 4.69) is 133 Å². The van der Waals surface area contributed by atoms with Crippen molar-refractivity contribution < 1.29 is 18.0 Å². The molecule has 6 aromatic carbocycles. The van der Waals surface area contributed by atoms with Crippen LogP contribution >= 0.6 is 17.0 Å². The molecule has 34 heavy (non-hydrogen) atoms. The van der Waals surface area contributed by atoms with E-state index >= 15 is 0 Å². The third-order valence-electron chi connectivity index (χ3n) is 5.41. The third-order valence-corrected chi connectivity index (χ3v) is 21.4. The normalized spacial score (nSPS) is 10.1. The quantitative estimate of drug-likeness (QED) is 0.146. The van der Waals surface area contributed by atoms with Gasteiger partial charge in [-0.3, -0.25) is 0 Å². The van der Waals surface area contributed by atoms with Crippen LogP contribution < -0.4 is 10.4 Å². The monoisotopic (exact) mass is 572 g/mol. The fourth-order valence-corrected chi connectivity index (χ4v) is 19.0. The molecule has 0 aliphatic rings. The maximum atomic E-state index is 6.32. The summed E-state index contributed by atoms with van der Waals surface area (Å²) < 4.78 is 0. The minimum Gasteiger partial charge on any atom is -0.168 e. The average molecular weight is 575 g/mol. The molecule has 0 heterocycles. The van der Waals surface area contributed by atoms with Crippen LogP contribution in [0.4, 0.5) is 0 Å². The van der Waals surface area contributed by atoms with Crippen molar-refractivity contribution in [2.24, 2.45) is 0 Å². The van der Waals surface area contributed by atoms with Crippen molar-refractivity contribution in [1.82, 2.24) is 0 Å². The predicted molar refractivity (Wildman–Crippen MR) is 149 cm³/mol. The zero-order valence-corrected chi connectivity index (χ0v) is 23.6. The first-order valence-corrected chi connectivity index (χ1v) is 22.6. The third kappa shape index (κ3) is 6.90. The minimum atomic E-state index is -2.26. The summed E-state index contributed by atoms with van der Waals surface area (Å²) >= 11 is -2.26. The molecular formula is C30H24Cl2SiZr-2. The number of hydrogen-bond acceptors (Lipinski definition) is 0. The molecule has 168 valence electrons. The fourth-order valence-electron chi connectivity index (χ4n) is 3.73. The van der Waals surface area contributed by atoms with Gasteiger partial charge in [0.25, 0.3) is 0 Å². The molecule has 0 amide bonds. The average Bonchev–Trinajstić information content (AvgIpc) is 3.56. The maximum Gasteiger partial charge on any atom is -0.0809 e. The molecular weight excluding hydrogens is 551 g/mol. The van der Waals surface area contributed by atoms with Crippen molar-refractivity contribution in [3.8, 4) is 0 Å². The largest absolute Gasteiger partial charge is 0.168 e. The van der Waals surface area contributed by atoms with Gasteiger partial charge in [0.15, 0.2) is 0 Å². The van der Waals surface area contributed by atoms with Gasteiger partial charge in [-0.1, -0.05) is 12.1 Å². The Balaban J connectivity index is 0.000000129. The van der Waals surface area contributed by atoms with E-state index in [-0.39, 0.29) is 0 Å². The zero-order chi connectivity index (χ0) is 23.6. The molecule has 6 rings (SSSR count). The molecule has 0 aliphatic carbocycles. The first-order chi connectivity index (χ1) is 16.7. The summed E-state index contributed by atoms with van der Waals surface area (Å²) in [6, 6.07) is 50.2. The molecule has 0 saturated carbocycles. The summed E-state index contributed by atoms with van der Waals surface area (Å²) in [5.74, 6) is 0. The Morgan fingerprint density at radius 2 is 0.853 bits per heavy atom. The second-order valence-electron chi connectivity index (χ2n) is 7.68. The van der Waals surface area contributed by atoms with Crippen LogP contribution in [0.2, 0.25) is 0 Å². The van der Waals surface area contributed by atoms with Gasteiger partial charge < -0.3 is 0 Å². The molecule has 0 radical (unpaired) electrons. The van der Waals surface area contributed by atoms with E-state index in [1.807, 2.05) is 12.1 Å². The second kappa shape index (κ2) is 13.0. The topological polar surface area (TPSA) is 0 Å². The molecule has 0 atom stereocenters. The van der Waals surface area contributed by atoms with Gasteiger partial charge >= 0.3 is 111 Å². The van der Waals surface area contributed by atoms with Gasteiger partial charge in [-0.25, -0.2) is 0 Å². The van der Waals surface area contributed by atoms with E-state index in [4.69, 9.17) is 17.0 Å². The number of fused-ring (bicyclic) bond motifs is 2. The van der Waals surface area contributed by atoms with Crippen LogP contribution in [0.5, 0.6) is 0 Å². The minimum absolute atomic E-state index is 0.889. The number of halogens is 2. The SMILES string of the molecule is [Cl][Zr]([Cl])=[Si](c1ccccc1)c1ccccc1.c1ccc2[cH-]ccc2c1.c1ccc2[cH-]ccc2c1. The van der Waals surface area contributed by atoms with Crippen molar-refractivity contribution in [1.29, 1.82) is 0 Å². The van der Waals surface area contributed by atoms with Crippen LogP contribution in [0.15, 0.2) is 146 Å². The summed E-state index contributed by atoms with van der Waals surface area (Å²) in [6.07, 6.45) is 0. The van der Waals surface area contributed by atoms with Gasteiger partial charge in [0.2, 0.25) is 0 Å². The predicted octanol–water partition coefficient (Wildman–Crippen LogP) is 7.84. The summed E-state index contributed by atoms with van der Waals surface area (Å²) in [5, 5.41) is 7.99. The van der Waals surface area contributed by atoms with Crippen molar-refractivity contribution in [3.05, 3.63) is 146 Å². The van der Waals surface area contributed by atoms with Gasteiger partial charge in [-0.05, 0) is 0 Å². The Labute approximate surface area is 216 Å². The summed E-state index contributed by atoms with van der Waals surface area (Å²) in [7, 11) is 12.6. The van der Waals surface area contributed by atoms with Gasteiger partial charge in [0, 0.05) is 0 Å². The van der Waals surface area contributed by atoms with E-state index < -0.39 is 23.4 Å². The van der Waals surface area contributed by atoms with Crippen LogP contribution in [0.1, 0.15) is 0 Å². The van der Waals surface area contributed by atoms with Crippen molar-refractivity contribution >= 4 is 54.4 Å². The maximum absolute atomic E-state index is 6.32. The van der Waals surface area contributed by atoms with Gasteiger partial charge in [-0.15, -0.1) is 59.3 Å². The molecule has 0 aliphatic heterocycles. The van der Waals surface area contributed by atoms with Gasteiger partial charge in [-0.2, -0.15) is 35.0 Å². The Morgan fingerprint density at radius 1 is 0.471 bits per heavy atom. The number of benzene rings is 4.